The van der Waals surface area contributed by atoms with Gasteiger partial charge in [-0.05, 0) is 6.07 Å². The minimum absolute atomic E-state index is 0.0443. The van der Waals surface area contributed by atoms with E-state index in [9.17, 15) is 8.78 Å². The summed E-state index contributed by atoms with van der Waals surface area (Å²) in [7, 11) is 1.32. The first kappa shape index (κ1) is 11.5. The molecule has 0 saturated heterocycles. The van der Waals surface area contributed by atoms with Crippen LogP contribution in [0.4, 0.5) is 8.78 Å². The highest BCUT2D eigenvalue weighted by Crippen LogP contribution is 2.30. The first-order valence-electron chi connectivity index (χ1n) is 3.67. The molecule has 0 aromatic carbocycles. The van der Waals surface area contributed by atoms with Gasteiger partial charge in [-0.15, -0.1) is 11.6 Å². The third kappa shape index (κ3) is 2.25. The van der Waals surface area contributed by atoms with Gasteiger partial charge in [-0.3, -0.25) is 0 Å². The van der Waals surface area contributed by atoms with Crippen LogP contribution < -0.4 is 4.74 Å². The average molecular weight is 242 g/mol. The molecule has 0 radical (unpaired) electrons. The molecule has 0 saturated carbocycles. The van der Waals surface area contributed by atoms with Gasteiger partial charge in [0, 0.05) is 5.56 Å². The summed E-state index contributed by atoms with van der Waals surface area (Å²) in [5.41, 5.74) is 0.000880. The molecule has 6 heteroatoms. The first-order chi connectivity index (χ1) is 6.60. The molecular formula is C8H7Cl2F2NO. The molecule has 1 rings (SSSR count). The fourth-order valence-corrected chi connectivity index (χ4v) is 1.52. The van der Waals surface area contributed by atoms with Gasteiger partial charge < -0.3 is 4.74 Å². The molecule has 1 heterocycles. The fraction of sp³-hybridized carbons (Fsp3) is 0.375. The molecule has 0 unspecified atom stereocenters. The van der Waals surface area contributed by atoms with Crippen LogP contribution in [-0.4, -0.2) is 12.1 Å². The molecule has 14 heavy (non-hydrogen) atoms. The lowest BCUT2D eigenvalue weighted by atomic mass is 10.2. The first-order valence-corrected chi connectivity index (χ1v) is 4.58. The molecular weight excluding hydrogens is 235 g/mol. The summed E-state index contributed by atoms with van der Waals surface area (Å²) in [6.45, 7) is 0. The van der Waals surface area contributed by atoms with Gasteiger partial charge in [-0.2, -0.15) is 0 Å². The van der Waals surface area contributed by atoms with Gasteiger partial charge in [0.05, 0.1) is 18.0 Å². The molecule has 1 aromatic heterocycles. The minimum Gasteiger partial charge on any atom is -0.481 e. The van der Waals surface area contributed by atoms with Crippen LogP contribution in [0.15, 0.2) is 6.07 Å². The normalized spacial score (nSPS) is 10.7. The third-order valence-corrected chi connectivity index (χ3v) is 2.21. The second kappa shape index (κ2) is 4.75. The van der Waals surface area contributed by atoms with Crippen molar-refractivity contribution in [3.63, 3.8) is 0 Å². The summed E-state index contributed by atoms with van der Waals surface area (Å²) in [5.74, 6) is 0.112. The Morgan fingerprint density at radius 1 is 1.57 bits per heavy atom. The number of halogens is 4. The molecule has 0 N–H and O–H groups in total. The number of hydrogen-bond donors (Lipinski definition) is 0. The highest BCUT2D eigenvalue weighted by Gasteiger charge is 2.16. The van der Waals surface area contributed by atoms with Crippen LogP contribution in [0.25, 0.3) is 0 Å². The monoisotopic (exact) mass is 241 g/mol. The van der Waals surface area contributed by atoms with E-state index in [-0.39, 0.29) is 16.8 Å². The summed E-state index contributed by atoms with van der Waals surface area (Å²) in [6.07, 6.45) is -2.68. The number of hydrogen-bond acceptors (Lipinski definition) is 2. The van der Waals surface area contributed by atoms with Crippen LogP contribution in [0.2, 0.25) is 5.02 Å². The van der Waals surface area contributed by atoms with Gasteiger partial charge in [-0.1, -0.05) is 11.6 Å². The topological polar surface area (TPSA) is 22.1 Å². The summed E-state index contributed by atoms with van der Waals surface area (Å²) < 4.78 is 29.4. The number of nitrogens with zero attached hydrogens (tertiary/aromatic N) is 1. The van der Waals surface area contributed by atoms with Gasteiger partial charge >= 0.3 is 0 Å². The van der Waals surface area contributed by atoms with E-state index in [0.717, 1.165) is 6.07 Å². The molecule has 0 fully saturated rings. The van der Waals surface area contributed by atoms with E-state index in [1.165, 1.54) is 7.11 Å². The zero-order chi connectivity index (χ0) is 10.7. The summed E-state index contributed by atoms with van der Waals surface area (Å²) in [5, 5.41) is 0.141. The second-order valence-electron chi connectivity index (χ2n) is 2.45. The molecule has 2 nitrogen and oxygen atoms in total. The van der Waals surface area contributed by atoms with Crippen molar-refractivity contribution in [3.8, 4) is 5.88 Å². The SMILES string of the molecule is COc1nc(C(F)F)cc(Cl)c1CCl. The predicted molar refractivity (Wildman–Crippen MR) is 50.3 cm³/mol. The maximum atomic E-state index is 12.3. The van der Waals surface area contributed by atoms with Crippen molar-refractivity contribution in [2.75, 3.05) is 7.11 Å². The van der Waals surface area contributed by atoms with Crippen molar-refractivity contribution in [2.24, 2.45) is 0 Å². The lowest BCUT2D eigenvalue weighted by Gasteiger charge is -2.09. The molecule has 0 bridgehead atoms. The molecule has 1 aromatic rings. The lowest BCUT2D eigenvalue weighted by molar-refractivity contribution is 0.145. The zero-order valence-corrected chi connectivity index (χ0v) is 8.74. The third-order valence-electron chi connectivity index (χ3n) is 1.60. The Hall–Kier alpha value is -0.610. The Morgan fingerprint density at radius 2 is 2.21 bits per heavy atom. The van der Waals surface area contributed by atoms with Gasteiger partial charge in [0.2, 0.25) is 5.88 Å². The summed E-state index contributed by atoms with van der Waals surface area (Å²) in [6, 6.07) is 1.09. The molecule has 0 aliphatic rings. The summed E-state index contributed by atoms with van der Waals surface area (Å²) in [4.78, 5) is 3.58. The molecule has 0 atom stereocenters. The quantitative estimate of drug-likeness (QED) is 0.757. The van der Waals surface area contributed by atoms with Gasteiger partial charge in [-0.25, -0.2) is 13.8 Å². The smallest absolute Gasteiger partial charge is 0.280 e. The van der Waals surface area contributed by atoms with Crippen molar-refractivity contribution in [1.82, 2.24) is 4.98 Å². The number of ether oxygens (including phenoxy) is 1. The zero-order valence-electron chi connectivity index (χ0n) is 7.23. The van der Waals surface area contributed by atoms with Gasteiger partial charge in [0.25, 0.3) is 6.43 Å². The van der Waals surface area contributed by atoms with Crippen molar-refractivity contribution in [1.29, 1.82) is 0 Å². The standard InChI is InChI=1S/C8H7Cl2F2NO/c1-14-8-4(3-9)5(10)2-6(13-8)7(11)12/h2,7H,3H2,1H3. The Bertz CT molecular complexity index is 333. The molecule has 78 valence electrons. The van der Waals surface area contributed by atoms with Crippen LogP contribution >= 0.6 is 23.2 Å². The van der Waals surface area contributed by atoms with E-state index in [0.29, 0.717) is 5.56 Å². The predicted octanol–water partition coefficient (Wildman–Crippen LogP) is 3.42. The van der Waals surface area contributed by atoms with Crippen molar-refractivity contribution >= 4 is 23.2 Å². The number of alkyl halides is 3. The van der Waals surface area contributed by atoms with Crippen LogP contribution in [0.1, 0.15) is 17.7 Å². The van der Waals surface area contributed by atoms with Crippen molar-refractivity contribution in [2.45, 2.75) is 12.3 Å². The maximum Gasteiger partial charge on any atom is 0.280 e. The van der Waals surface area contributed by atoms with Crippen molar-refractivity contribution in [3.05, 3.63) is 22.3 Å². The molecule has 0 amide bonds. The molecule has 0 aliphatic carbocycles. The van der Waals surface area contributed by atoms with Crippen molar-refractivity contribution < 1.29 is 13.5 Å². The van der Waals surface area contributed by atoms with E-state index < -0.39 is 12.1 Å². The minimum atomic E-state index is -2.68. The Morgan fingerprint density at radius 3 is 2.64 bits per heavy atom. The van der Waals surface area contributed by atoms with E-state index in [2.05, 4.69) is 4.98 Å². The highest BCUT2D eigenvalue weighted by molar-refractivity contribution is 6.32. The van der Waals surface area contributed by atoms with Crippen LogP contribution in [-0.2, 0) is 5.88 Å². The van der Waals surface area contributed by atoms with Crippen LogP contribution in [0.5, 0.6) is 5.88 Å². The van der Waals surface area contributed by atoms with Crippen LogP contribution in [0, 0.1) is 0 Å². The fourth-order valence-electron chi connectivity index (χ4n) is 0.938. The molecule has 0 aliphatic heterocycles. The maximum absolute atomic E-state index is 12.3. The van der Waals surface area contributed by atoms with E-state index >= 15 is 0 Å². The van der Waals surface area contributed by atoms with E-state index in [1.54, 1.807) is 0 Å². The summed E-state index contributed by atoms with van der Waals surface area (Å²) >= 11 is 11.3. The Kier molecular flexibility index (Phi) is 3.89. The highest BCUT2D eigenvalue weighted by atomic mass is 35.5. The second-order valence-corrected chi connectivity index (χ2v) is 3.13. The Balaban J connectivity index is 3.24. The van der Waals surface area contributed by atoms with Gasteiger partial charge in [0.15, 0.2) is 0 Å². The van der Waals surface area contributed by atoms with E-state index in [1.807, 2.05) is 0 Å². The molecule has 0 spiro atoms. The number of methoxy groups -OCH3 is 1. The van der Waals surface area contributed by atoms with Gasteiger partial charge in [0.1, 0.15) is 5.69 Å². The van der Waals surface area contributed by atoms with E-state index in [4.69, 9.17) is 27.9 Å². The van der Waals surface area contributed by atoms with Crippen LogP contribution in [0.3, 0.4) is 0 Å². The Labute approximate surface area is 89.8 Å². The lowest BCUT2D eigenvalue weighted by Crippen LogP contribution is -1.99. The average Bonchev–Trinajstić information content (AvgIpc) is 2.16. The number of pyridine rings is 1. The number of aromatic nitrogens is 1. The number of rotatable bonds is 3. The largest absolute Gasteiger partial charge is 0.481 e.